The largest absolute Gasteiger partial charge is 0.504 e. The zero-order valence-electron chi connectivity index (χ0n) is 17.6. The third kappa shape index (κ3) is 3.09. The van der Waals surface area contributed by atoms with Crippen molar-refractivity contribution in [1.82, 2.24) is 0 Å². The van der Waals surface area contributed by atoms with Crippen LogP contribution in [0.15, 0.2) is 72.8 Å². The summed E-state index contributed by atoms with van der Waals surface area (Å²) in [6, 6.07) is 23.7. The molecule has 0 spiro atoms. The third-order valence-corrected chi connectivity index (χ3v) is 6.26. The molecule has 0 amide bonds. The van der Waals surface area contributed by atoms with Crippen LogP contribution in [0.5, 0.6) is 28.7 Å². The molecule has 1 N–H and O–H groups in total. The maximum absolute atomic E-state index is 10.6. The van der Waals surface area contributed by atoms with Gasteiger partial charge in [0.2, 0.25) is 0 Å². The quantitative estimate of drug-likeness (QED) is 0.451. The third-order valence-electron chi connectivity index (χ3n) is 6.26. The Labute approximate surface area is 185 Å². The van der Waals surface area contributed by atoms with E-state index in [1.165, 1.54) is 5.39 Å². The Kier molecular flexibility index (Phi) is 4.35. The normalized spacial score (nSPS) is 18.2. The van der Waals surface area contributed by atoms with Crippen molar-refractivity contribution >= 4 is 10.8 Å². The van der Waals surface area contributed by atoms with Gasteiger partial charge in [-0.1, -0.05) is 36.4 Å². The Bertz CT molecular complexity index is 1330. The van der Waals surface area contributed by atoms with E-state index in [0.717, 1.165) is 39.3 Å². The summed E-state index contributed by atoms with van der Waals surface area (Å²) in [5.74, 6) is 2.78. The van der Waals surface area contributed by atoms with E-state index >= 15 is 0 Å². The van der Waals surface area contributed by atoms with Gasteiger partial charge in [0.25, 0.3) is 0 Å². The summed E-state index contributed by atoms with van der Waals surface area (Å²) in [6.07, 6.45) is -0.158. The van der Waals surface area contributed by atoms with E-state index in [2.05, 4.69) is 24.3 Å². The van der Waals surface area contributed by atoms with Crippen molar-refractivity contribution in [3.63, 3.8) is 0 Å². The molecule has 5 nitrogen and oxygen atoms in total. The van der Waals surface area contributed by atoms with Crippen molar-refractivity contribution in [2.24, 2.45) is 0 Å². The fourth-order valence-corrected chi connectivity index (χ4v) is 4.58. The number of rotatable bonds is 4. The average Bonchev–Trinajstić information content (AvgIpc) is 3.19. The van der Waals surface area contributed by atoms with Gasteiger partial charge in [0.15, 0.2) is 11.5 Å². The molecule has 0 radical (unpaired) electrons. The number of fused-ring (bicyclic) bond motifs is 6. The summed E-state index contributed by atoms with van der Waals surface area (Å²) < 4.78 is 23.6. The first kappa shape index (κ1) is 18.9. The summed E-state index contributed by atoms with van der Waals surface area (Å²) in [5.41, 5.74) is 2.96. The van der Waals surface area contributed by atoms with Gasteiger partial charge in [0.1, 0.15) is 30.0 Å². The Hall–Kier alpha value is -3.86. The summed E-state index contributed by atoms with van der Waals surface area (Å²) in [5, 5.41) is 13.0. The fourth-order valence-electron chi connectivity index (χ4n) is 4.58. The van der Waals surface area contributed by atoms with Crippen LogP contribution >= 0.6 is 0 Å². The van der Waals surface area contributed by atoms with Gasteiger partial charge in [0, 0.05) is 23.3 Å². The highest BCUT2D eigenvalue weighted by Gasteiger charge is 2.41. The van der Waals surface area contributed by atoms with Crippen molar-refractivity contribution in [3.8, 4) is 28.7 Å². The minimum atomic E-state index is -0.158. The first-order valence-electron chi connectivity index (χ1n) is 10.6. The Morgan fingerprint density at radius 2 is 1.78 bits per heavy atom. The van der Waals surface area contributed by atoms with Gasteiger partial charge in [-0.3, -0.25) is 0 Å². The van der Waals surface area contributed by atoms with Gasteiger partial charge in [-0.25, -0.2) is 0 Å². The molecule has 5 heteroatoms. The molecule has 0 fully saturated rings. The number of hydrogen-bond acceptors (Lipinski definition) is 5. The summed E-state index contributed by atoms with van der Waals surface area (Å²) >= 11 is 0. The maximum atomic E-state index is 10.6. The van der Waals surface area contributed by atoms with Crippen molar-refractivity contribution in [2.45, 2.75) is 18.6 Å². The number of benzene rings is 4. The van der Waals surface area contributed by atoms with E-state index < -0.39 is 0 Å². The predicted octanol–water partition coefficient (Wildman–Crippen LogP) is 5.74. The summed E-state index contributed by atoms with van der Waals surface area (Å²) in [4.78, 5) is 0. The smallest absolute Gasteiger partial charge is 0.165 e. The second kappa shape index (κ2) is 7.38. The molecule has 0 aromatic heterocycles. The van der Waals surface area contributed by atoms with E-state index in [-0.39, 0.29) is 17.8 Å². The molecule has 0 aliphatic carbocycles. The molecule has 0 bridgehead atoms. The molecule has 2 heterocycles. The number of hydrogen-bond donors (Lipinski definition) is 1. The molecule has 4 aromatic carbocycles. The fraction of sp³-hybridized carbons (Fsp3) is 0.185. The van der Waals surface area contributed by atoms with E-state index in [1.807, 2.05) is 36.4 Å². The van der Waals surface area contributed by atoms with Crippen LogP contribution in [0.25, 0.3) is 10.8 Å². The van der Waals surface area contributed by atoms with E-state index in [0.29, 0.717) is 19.0 Å². The molecule has 2 atom stereocenters. The van der Waals surface area contributed by atoms with Gasteiger partial charge in [-0.15, -0.1) is 0 Å². The van der Waals surface area contributed by atoms with Crippen molar-refractivity contribution in [2.75, 3.05) is 13.7 Å². The molecule has 0 saturated carbocycles. The average molecular weight is 426 g/mol. The topological polar surface area (TPSA) is 57.2 Å². The molecular formula is C27H22O5. The highest BCUT2D eigenvalue weighted by Crippen LogP contribution is 2.53. The Balaban J connectivity index is 1.25. The zero-order chi connectivity index (χ0) is 21.7. The molecule has 160 valence electrons. The van der Waals surface area contributed by atoms with Crippen molar-refractivity contribution < 1.29 is 24.1 Å². The maximum Gasteiger partial charge on any atom is 0.165 e. The molecule has 2 aliphatic heterocycles. The van der Waals surface area contributed by atoms with E-state index in [4.69, 9.17) is 18.9 Å². The Morgan fingerprint density at radius 3 is 2.66 bits per heavy atom. The summed E-state index contributed by atoms with van der Waals surface area (Å²) in [7, 11) is 1.64. The molecule has 6 rings (SSSR count). The van der Waals surface area contributed by atoms with Gasteiger partial charge in [0.05, 0.1) is 19.6 Å². The van der Waals surface area contributed by atoms with Gasteiger partial charge >= 0.3 is 0 Å². The van der Waals surface area contributed by atoms with Crippen molar-refractivity contribution in [1.29, 1.82) is 0 Å². The number of methoxy groups -OCH3 is 1. The second-order valence-electron chi connectivity index (χ2n) is 8.19. The molecule has 4 aromatic rings. The van der Waals surface area contributed by atoms with Crippen LogP contribution in [-0.2, 0) is 6.61 Å². The number of phenolic OH excluding ortho intramolecular Hbond substituents is 1. The first-order valence-corrected chi connectivity index (χ1v) is 10.6. The second-order valence-corrected chi connectivity index (χ2v) is 8.19. The lowest BCUT2D eigenvalue weighted by Gasteiger charge is -2.28. The van der Waals surface area contributed by atoms with Crippen LogP contribution in [0, 0.1) is 0 Å². The minimum absolute atomic E-state index is 0.0198. The number of aromatic hydroxyl groups is 1. The number of ether oxygens (including phenoxy) is 4. The molecule has 0 saturated heterocycles. The Morgan fingerprint density at radius 1 is 0.906 bits per heavy atom. The van der Waals surface area contributed by atoms with Crippen LogP contribution in [0.1, 0.15) is 28.7 Å². The van der Waals surface area contributed by atoms with Crippen LogP contribution in [0.4, 0.5) is 0 Å². The van der Waals surface area contributed by atoms with Gasteiger partial charge < -0.3 is 24.1 Å². The highest BCUT2D eigenvalue weighted by molar-refractivity contribution is 5.83. The van der Waals surface area contributed by atoms with Crippen LogP contribution in [0.3, 0.4) is 0 Å². The lowest BCUT2D eigenvalue weighted by molar-refractivity contribution is 0.139. The van der Waals surface area contributed by atoms with Gasteiger partial charge in [-0.05, 0) is 40.6 Å². The number of phenols is 1. The van der Waals surface area contributed by atoms with E-state index in [9.17, 15) is 5.11 Å². The molecule has 2 aliphatic rings. The zero-order valence-corrected chi connectivity index (χ0v) is 17.6. The standard InChI is InChI=1S/C27H22O5/c1-29-19-8-9-20-24(11-19)31-15-22-21-12-23(28)26(13-25(21)32-27(20)22)30-14-16-6-7-17-4-2-3-5-18(17)10-16/h2-13,22,27-28H,14-15H2,1H3/t22-,27-/m1/s1. The first-order chi connectivity index (χ1) is 15.7. The van der Waals surface area contributed by atoms with Crippen LogP contribution < -0.4 is 18.9 Å². The van der Waals surface area contributed by atoms with Crippen LogP contribution in [0.2, 0.25) is 0 Å². The van der Waals surface area contributed by atoms with Crippen LogP contribution in [-0.4, -0.2) is 18.8 Å². The lowest BCUT2D eigenvalue weighted by Crippen LogP contribution is -2.23. The molecular weight excluding hydrogens is 404 g/mol. The predicted molar refractivity (Wildman–Crippen MR) is 121 cm³/mol. The monoisotopic (exact) mass is 426 g/mol. The minimum Gasteiger partial charge on any atom is -0.504 e. The highest BCUT2D eigenvalue weighted by atomic mass is 16.5. The van der Waals surface area contributed by atoms with Crippen molar-refractivity contribution in [3.05, 3.63) is 89.5 Å². The van der Waals surface area contributed by atoms with E-state index in [1.54, 1.807) is 19.2 Å². The summed E-state index contributed by atoms with van der Waals surface area (Å²) in [6.45, 7) is 0.838. The lowest BCUT2D eigenvalue weighted by atomic mass is 9.89. The molecule has 0 unspecified atom stereocenters. The SMILES string of the molecule is COc1ccc2c(c1)OC[C@@H]1c3cc(O)c(OCc4ccc5ccccc5c4)cc3O[C@H]21. The molecule has 32 heavy (non-hydrogen) atoms. The van der Waals surface area contributed by atoms with Gasteiger partial charge in [-0.2, -0.15) is 0 Å².